The van der Waals surface area contributed by atoms with E-state index in [0.717, 1.165) is 0 Å². The molecule has 2 N–H and O–H groups in total. The fourth-order valence-electron chi connectivity index (χ4n) is 1.56. The fraction of sp³-hybridized carbons (Fsp3) is 0.0667. The van der Waals surface area contributed by atoms with Crippen molar-refractivity contribution in [3.8, 4) is 17.8 Å². The van der Waals surface area contributed by atoms with E-state index in [-0.39, 0.29) is 17.3 Å². The molecule has 0 atom stereocenters. The molecule has 1 amide bonds. The lowest BCUT2D eigenvalue weighted by Crippen LogP contribution is -2.13. The Morgan fingerprint density at radius 1 is 1.33 bits per heavy atom. The van der Waals surface area contributed by atoms with Crippen LogP contribution in [-0.2, 0) is 4.79 Å². The van der Waals surface area contributed by atoms with Crippen molar-refractivity contribution in [3.05, 3.63) is 47.7 Å². The van der Waals surface area contributed by atoms with Crippen molar-refractivity contribution in [2.45, 2.75) is 0 Å². The minimum atomic E-state index is -0.571. The molecule has 0 aliphatic heterocycles. The number of aromatic hydroxyl groups is 1. The Balaban J connectivity index is 2.15. The SMILES string of the molecule is COc1ccc(/C=C(\C#N)C(=O)Nc2ccc(O)cc2)o1. The highest BCUT2D eigenvalue weighted by molar-refractivity contribution is 6.09. The number of hydrogen-bond donors (Lipinski definition) is 2. The number of ether oxygens (including phenoxy) is 1. The third-order valence-corrected chi connectivity index (χ3v) is 2.58. The zero-order valence-electron chi connectivity index (χ0n) is 11.2. The van der Waals surface area contributed by atoms with E-state index in [4.69, 9.17) is 19.5 Å². The lowest BCUT2D eigenvalue weighted by molar-refractivity contribution is -0.112. The van der Waals surface area contributed by atoms with Crippen LogP contribution in [0.3, 0.4) is 0 Å². The quantitative estimate of drug-likeness (QED) is 0.511. The Morgan fingerprint density at radius 3 is 2.62 bits per heavy atom. The van der Waals surface area contributed by atoms with Crippen LogP contribution < -0.4 is 10.1 Å². The number of anilines is 1. The number of nitriles is 1. The largest absolute Gasteiger partial charge is 0.508 e. The molecule has 0 aliphatic rings. The number of phenolic OH excluding ortho intramolecular Hbond substituents is 1. The highest BCUT2D eigenvalue weighted by Gasteiger charge is 2.11. The number of nitrogens with zero attached hydrogens (tertiary/aromatic N) is 1. The van der Waals surface area contributed by atoms with Gasteiger partial charge in [-0.25, -0.2) is 0 Å². The Morgan fingerprint density at radius 2 is 2.05 bits per heavy atom. The van der Waals surface area contributed by atoms with Gasteiger partial charge in [-0.2, -0.15) is 5.26 Å². The molecule has 1 aromatic carbocycles. The predicted octanol–water partition coefficient (Wildman–Crippen LogP) is 2.54. The molecule has 0 aliphatic carbocycles. The minimum Gasteiger partial charge on any atom is -0.508 e. The van der Waals surface area contributed by atoms with Gasteiger partial charge >= 0.3 is 0 Å². The van der Waals surface area contributed by atoms with Crippen LogP contribution in [0.25, 0.3) is 6.08 Å². The standard InChI is InChI=1S/C15H12N2O4/c1-20-14-7-6-13(21-14)8-10(9-16)15(19)17-11-2-4-12(18)5-3-11/h2-8,18H,1H3,(H,17,19)/b10-8+. The number of furan rings is 1. The molecule has 0 saturated heterocycles. The second-order valence-electron chi connectivity index (χ2n) is 4.03. The van der Waals surface area contributed by atoms with E-state index in [2.05, 4.69) is 5.32 Å². The minimum absolute atomic E-state index is 0.0896. The van der Waals surface area contributed by atoms with Crippen molar-refractivity contribution >= 4 is 17.7 Å². The van der Waals surface area contributed by atoms with E-state index >= 15 is 0 Å². The van der Waals surface area contributed by atoms with Gasteiger partial charge in [0.2, 0.25) is 0 Å². The molecule has 106 valence electrons. The summed E-state index contributed by atoms with van der Waals surface area (Å²) in [6.45, 7) is 0. The molecule has 6 heteroatoms. The zero-order valence-corrected chi connectivity index (χ0v) is 11.2. The van der Waals surface area contributed by atoms with Crippen LogP contribution in [0.15, 0.2) is 46.4 Å². The Labute approximate surface area is 120 Å². The maximum atomic E-state index is 12.0. The monoisotopic (exact) mass is 284 g/mol. The van der Waals surface area contributed by atoms with Crippen LogP contribution in [-0.4, -0.2) is 18.1 Å². The number of methoxy groups -OCH3 is 1. The van der Waals surface area contributed by atoms with Gasteiger partial charge in [-0.05, 0) is 30.3 Å². The molecule has 0 bridgehead atoms. The molecule has 1 heterocycles. The number of amides is 1. The van der Waals surface area contributed by atoms with E-state index in [1.54, 1.807) is 12.1 Å². The maximum Gasteiger partial charge on any atom is 0.284 e. The van der Waals surface area contributed by atoms with Gasteiger partial charge in [0.25, 0.3) is 11.9 Å². The predicted molar refractivity (Wildman–Crippen MR) is 75.6 cm³/mol. The molecule has 0 saturated carbocycles. The molecule has 6 nitrogen and oxygen atoms in total. The number of carbonyl (C=O) groups excluding carboxylic acids is 1. The first-order valence-electron chi connectivity index (χ1n) is 5.98. The van der Waals surface area contributed by atoms with Gasteiger partial charge in [0, 0.05) is 17.8 Å². The third kappa shape index (κ3) is 3.64. The Bertz CT molecular complexity index is 708. The van der Waals surface area contributed by atoms with E-state index in [9.17, 15) is 4.79 Å². The van der Waals surface area contributed by atoms with E-state index < -0.39 is 5.91 Å². The second kappa shape index (κ2) is 6.30. The second-order valence-corrected chi connectivity index (χ2v) is 4.03. The van der Waals surface area contributed by atoms with Gasteiger partial charge < -0.3 is 19.6 Å². The summed E-state index contributed by atoms with van der Waals surface area (Å²) in [7, 11) is 1.45. The summed E-state index contributed by atoms with van der Waals surface area (Å²) in [6, 6.07) is 10.9. The number of hydrogen-bond acceptors (Lipinski definition) is 5. The van der Waals surface area contributed by atoms with Gasteiger partial charge in [0.15, 0.2) is 0 Å². The van der Waals surface area contributed by atoms with Crippen molar-refractivity contribution in [1.82, 2.24) is 0 Å². The molecular weight excluding hydrogens is 272 g/mol. The van der Waals surface area contributed by atoms with Crippen molar-refractivity contribution in [3.63, 3.8) is 0 Å². The third-order valence-electron chi connectivity index (χ3n) is 2.58. The first kappa shape index (κ1) is 14.2. The summed E-state index contributed by atoms with van der Waals surface area (Å²) < 4.78 is 10.1. The molecule has 21 heavy (non-hydrogen) atoms. The van der Waals surface area contributed by atoms with Crippen LogP contribution >= 0.6 is 0 Å². The lowest BCUT2D eigenvalue weighted by Gasteiger charge is -2.03. The van der Waals surface area contributed by atoms with Gasteiger partial charge in [-0.1, -0.05) is 0 Å². The van der Waals surface area contributed by atoms with Crippen molar-refractivity contribution in [2.75, 3.05) is 12.4 Å². The molecule has 0 unspecified atom stereocenters. The van der Waals surface area contributed by atoms with Crippen molar-refractivity contribution in [2.24, 2.45) is 0 Å². The number of carbonyl (C=O) groups is 1. The van der Waals surface area contributed by atoms with Crippen molar-refractivity contribution in [1.29, 1.82) is 5.26 Å². The first-order chi connectivity index (χ1) is 10.1. The summed E-state index contributed by atoms with van der Waals surface area (Å²) >= 11 is 0. The molecule has 2 aromatic rings. The molecule has 0 fully saturated rings. The van der Waals surface area contributed by atoms with Gasteiger partial charge in [0.1, 0.15) is 23.2 Å². The Kier molecular flexibility index (Phi) is 4.26. The molecule has 2 rings (SSSR count). The van der Waals surface area contributed by atoms with Crippen LogP contribution in [0.2, 0.25) is 0 Å². The number of nitrogens with one attached hydrogen (secondary N) is 1. The maximum absolute atomic E-state index is 12.0. The smallest absolute Gasteiger partial charge is 0.284 e. The summed E-state index contributed by atoms with van der Waals surface area (Å²) in [5, 5.41) is 20.8. The summed E-state index contributed by atoms with van der Waals surface area (Å²) in [5.74, 6) is 0.145. The zero-order chi connectivity index (χ0) is 15.2. The normalized spacial score (nSPS) is 10.8. The van der Waals surface area contributed by atoms with Crippen molar-refractivity contribution < 1.29 is 19.1 Å². The molecule has 0 radical (unpaired) electrons. The van der Waals surface area contributed by atoms with Gasteiger partial charge in [-0.15, -0.1) is 0 Å². The van der Waals surface area contributed by atoms with Gasteiger partial charge in [-0.3, -0.25) is 4.79 Å². The fourth-order valence-corrected chi connectivity index (χ4v) is 1.56. The lowest BCUT2D eigenvalue weighted by atomic mass is 10.2. The average Bonchev–Trinajstić information content (AvgIpc) is 2.94. The van der Waals surface area contributed by atoms with Crippen LogP contribution in [0.1, 0.15) is 5.76 Å². The topological polar surface area (TPSA) is 95.5 Å². The van der Waals surface area contributed by atoms with Gasteiger partial charge in [0.05, 0.1) is 7.11 Å². The van der Waals surface area contributed by atoms with E-state index in [0.29, 0.717) is 11.4 Å². The number of benzene rings is 1. The van der Waals surface area contributed by atoms with Crippen LogP contribution in [0, 0.1) is 11.3 Å². The highest BCUT2D eigenvalue weighted by Crippen LogP contribution is 2.19. The van der Waals surface area contributed by atoms with E-state index in [1.807, 2.05) is 6.07 Å². The van der Waals surface area contributed by atoms with E-state index in [1.165, 1.54) is 37.5 Å². The van der Waals surface area contributed by atoms with Crippen LogP contribution in [0.5, 0.6) is 11.7 Å². The number of rotatable bonds is 4. The average molecular weight is 284 g/mol. The Hall–Kier alpha value is -3.20. The first-order valence-corrected chi connectivity index (χ1v) is 5.98. The summed E-state index contributed by atoms with van der Waals surface area (Å²) in [4.78, 5) is 12.0. The molecule has 0 spiro atoms. The number of phenols is 1. The summed E-state index contributed by atoms with van der Waals surface area (Å²) in [5.41, 5.74) is 0.357. The molecular formula is C15H12N2O4. The molecule has 1 aromatic heterocycles. The highest BCUT2D eigenvalue weighted by atomic mass is 16.6. The summed E-state index contributed by atoms with van der Waals surface area (Å²) in [6.07, 6.45) is 1.32. The van der Waals surface area contributed by atoms with Crippen LogP contribution in [0.4, 0.5) is 5.69 Å².